The summed E-state index contributed by atoms with van der Waals surface area (Å²) >= 11 is 1.65. The van der Waals surface area contributed by atoms with Crippen LogP contribution in [0.5, 0.6) is 0 Å². The fourth-order valence-corrected chi connectivity index (χ4v) is 3.72. The minimum absolute atomic E-state index is 0. The number of aryl methyl sites for hydroxylation is 1. The van der Waals surface area contributed by atoms with E-state index in [1.807, 2.05) is 20.0 Å². The Morgan fingerprint density at radius 3 is 2.41 bits per heavy atom. The summed E-state index contributed by atoms with van der Waals surface area (Å²) in [5, 5.41) is 7.49. The third kappa shape index (κ3) is 5.99. The number of imide groups is 1. The predicted molar refractivity (Wildman–Crippen MR) is 126 cm³/mol. The summed E-state index contributed by atoms with van der Waals surface area (Å²) in [6, 6.07) is 6.98. The zero-order valence-corrected chi connectivity index (χ0v) is 19.8. The lowest BCUT2D eigenvalue weighted by molar-refractivity contribution is 0.0652. The molecule has 0 aliphatic carbocycles. The molecule has 0 fully saturated rings. The number of nitrogens with zero attached hydrogens (tertiary/aromatic N) is 3. The van der Waals surface area contributed by atoms with Crippen LogP contribution in [0.2, 0.25) is 0 Å². The van der Waals surface area contributed by atoms with E-state index in [-0.39, 0.29) is 35.8 Å². The molecule has 0 bridgehead atoms. The Balaban J connectivity index is 0.00000300. The Hall–Kier alpha value is -2.01. The predicted octanol–water partition coefficient (Wildman–Crippen LogP) is 3.20. The summed E-state index contributed by atoms with van der Waals surface area (Å²) in [6.45, 7) is 6.52. The van der Waals surface area contributed by atoms with Crippen molar-refractivity contribution < 1.29 is 9.59 Å². The highest BCUT2D eigenvalue weighted by Gasteiger charge is 2.34. The van der Waals surface area contributed by atoms with Gasteiger partial charge in [0.05, 0.1) is 17.7 Å². The van der Waals surface area contributed by atoms with Gasteiger partial charge in [-0.1, -0.05) is 12.1 Å². The summed E-state index contributed by atoms with van der Waals surface area (Å²) in [7, 11) is 0. The number of hydrogen-bond donors (Lipinski definition) is 2. The molecule has 29 heavy (non-hydrogen) atoms. The Labute approximate surface area is 192 Å². The second-order valence-electron chi connectivity index (χ2n) is 6.50. The fourth-order valence-electron chi connectivity index (χ4n) is 3.01. The number of unbranched alkanes of at least 4 members (excludes halogenated alkanes) is 1. The number of aliphatic imine (C=N–C) groups is 1. The number of thiazole rings is 1. The van der Waals surface area contributed by atoms with Gasteiger partial charge in [-0.15, -0.1) is 35.3 Å². The van der Waals surface area contributed by atoms with Crippen LogP contribution in [-0.4, -0.2) is 47.3 Å². The van der Waals surface area contributed by atoms with Gasteiger partial charge < -0.3 is 10.6 Å². The molecule has 1 aliphatic heterocycles. The van der Waals surface area contributed by atoms with Crippen molar-refractivity contribution in [3.63, 3.8) is 0 Å². The monoisotopic (exact) mass is 527 g/mol. The molecule has 2 N–H and O–H groups in total. The summed E-state index contributed by atoms with van der Waals surface area (Å²) in [5.41, 5.74) is 1.01. The summed E-state index contributed by atoms with van der Waals surface area (Å²) in [4.78, 5) is 36.1. The van der Waals surface area contributed by atoms with Crippen LogP contribution >= 0.6 is 35.3 Å². The number of fused-ring (bicyclic) bond motifs is 1. The van der Waals surface area contributed by atoms with Gasteiger partial charge in [0, 0.05) is 30.7 Å². The zero-order chi connectivity index (χ0) is 19.9. The number of aromatic nitrogens is 1. The Morgan fingerprint density at radius 2 is 1.83 bits per heavy atom. The van der Waals surface area contributed by atoms with Crippen LogP contribution in [0.1, 0.15) is 50.4 Å². The number of amides is 2. The molecule has 9 heteroatoms. The maximum Gasteiger partial charge on any atom is 0.261 e. The number of nitrogens with one attached hydrogen (secondary N) is 2. The van der Waals surface area contributed by atoms with Crippen molar-refractivity contribution in [1.82, 2.24) is 20.5 Å². The van der Waals surface area contributed by atoms with Crippen LogP contribution in [-0.2, 0) is 6.54 Å². The minimum atomic E-state index is -0.192. The molecule has 2 aromatic rings. The first kappa shape index (κ1) is 23.3. The molecule has 0 spiro atoms. The summed E-state index contributed by atoms with van der Waals surface area (Å²) < 4.78 is 0. The Bertz CT molecular complexity index is 848. The highest BCUT2D eigenvalue weighted by atomic mass is 127. The molecule has 7 nitrogen and oxygen atoms in total. The molecule has 1 aliphatic rings. The van der Waals surface area contributed by atoms with Gasteiger partial charge in [-0.25, -0.2) is 9.98 Å². The molecule has 1 aromatic heterocycles. The van der Waals surface area contributed by atoms with Gasteiger partial charge in [-0.3, -0.25) is 14.5 Å². The molecule has 3 rings (SSSR count). The topological polar surface area (TPSA) is 86.7 Å². The Morgan fingerprint density at radius 1 is 1.14 bits per heavy atom. The van der Waals surface area contributed by atoms with E-state index in [1.54, 1.807) is 35.6 Å². The van der Waals surface area contributed by atoms with Gasteiger partial charge in [0.2, 0.25) is 0 Å². The van der Waals surface area contributed by atoms with Gasteiger partial charge in [0.25, 0.3) is 11.8 Å². The highest BCUT2D eigenvalue weighted by Crippen LogP contribution is 2.22. The number of halogens is 1. The molecule has 156 valence electrons. The number of guanidine groups is 1. The van der Waals surface area contributed by atoms with Crippen molar-refractivity contribution in [1.29, 1.82) is 0 Å². The first-order valence-corrected chi connectivity index (χ1v) is 10.3. The molecule has 0 saturated heterocycles. The second-order valence-corrected chi connectivity index (χ2v) is 7.82. The SMILES string of the molecule is CCNC(=NCc1ncc(C)s1)NCCCCN1C(=O)c2ccccc2C1=O.I. The fraction of sp³-hybridized carbons (Fsp3) is 0.400. The maximum absolute atomic E-state index is 12.3. The molecule has 2 heterocycles. The first-order chi connectivity index (χ1) is 13.6. The smallest absolute Gasteiger partial charge is 0.261 e. The average molecular weight is 527 g/mol. The van der Waals surface area contributed by atoms with Crippen LogP contribution in [0.15, 0.2) is 35.5 Å². The van der Waals surface area contributed by atoms with Crippen LogP contribution in [0.25, 0.3) is 0 Å². The van der Waals surface area contributed by atoms with Gasteiger partial charge in [-0.05, 0) is 38.8 Å². The van der Waals surface area contributed by atoms with Crippen molar-refractivity contribution in [2.24, 2.45) is 4.99 Å². The molecule has 2 amide bonds. The number of hydrogen-bond acceptors (Lipinski definition) is 5. The normalized spacial score (nSPS) is 13.3. The average Bonchev–Trinajstić information content (AvgIpc) is 3.22. The summed E-state index contributed by atoms with van der Waals surface area (Å²) in [5.74, 6) is 0.362. The first-order valence-electron chi connectivity index (χ1n) is 9.49. The molecular formula is C20H26IN5O2S. The van der Waals surface area contributed by atoms with E-state index >= 15 is 0 Å². The van der Waals surface area contributed by atoms with E-state index in [0.29, 0.717) is 30.8 Å². The van der Waals surface area contributed by atoms with E-state index in [1.165, 1.54) is 9.78 Å². The van der Waals surface area contributed by atoms with Gasteiger partial charge in [-0.2, -0.15) is 0 Å². The molecule has 0 saturated carbocycles. The molecule has 0 radical (unpaired) electrons. The number of carbonyl (C=O) groups excluding carboxylic acids is 2. The number of carbonyl (C=O) groups is 2. The van der Waals surface area contributed by atoms with E-state index in [9.17, 15) is 9.59 Å². The van der Waals surface area contributed by atoms with E-state index in [2.05, 4.69) is 20.6 Å². The van der Waals surface area contributed by atoms with Gasteiger partial charge in [0.15, 0.2) is 5.96 Å². The summed E-state index contributed by atoms with van der Waals surface area (Å²) in [6.07, 6.45) is 3.42. The highest BCUT2D eigenvalue weighted by molar-refractivity contribution is 14.0. The van der Waals surface area contributed by atoms with Gasteiger partial charge >= 0.3 is 0 Å². The zero-order valence-electron chi connectivity index (χ0n) is 16.6. The van der Waals surface area contributed by atoms with Crippen molar-refractivity contribution in [2.75, 3.05) is 19.6 Å². The van der Waals surface area contributed by atoms with E-state index in [4.69, 9.17) is 0 Å². The molecular weight excluding hydrogens is 501 g/mol. The van der Waals surface area contributed by atoms with Crippen molar-refractivity contribution in [3.05, 3.63) is 51.5 Å². The molecule has 1 aromatic carbocycles. The van der Waals surface area contributed by atoms with Crippen molar-refractivity contribution in [3.8, 4) is 0 Å². The van der Waals surface area contributed by atoms with Crippen molar-refractivity contribution >= 4 is 53.1 Å². The molecule has 0 atom stereocenters. The lowest BCUT2D eigenvalue weighted by atomic mass is 10.1. The van der Waals surface area contributed by atoms with Crippen molar-refractivity contribution in [2.45, 2.75) is 33.2 Å². The van der Waals surface area contributed by atoms with Gasteiger partial charge in [0.1, 0.15) is 5.01 Å². The van der Waals surface area contributed by atoms with Crippen LogP contribution in [0.3, 0.4) is 0 Å². The van der Waals surface area contributed by atoms with Crippen LogP contribution in [0.4, 0.5) is 0 Å². The quantitative estimate of drug-likeness (QED) is 0.181. The lowest BCUT2D eigenvalue weighted by Crippen LogP contribution is -2.38. The largest absolute Gasteiger partial charge is 0.357 e. The van der Waals surface area contributed by atoms with E-state index < -0.39 is 0 Å². The Kier molecular flexibility index (Phi) is 9.02. The standard InChI is InChI=1S/C20H25N5O2S.HI/c1-3-21-20(24-13-17-23-12-14(2)28-17)22-10-6-7-11-25-18(26)15-8-4-5-9-16(15)19(25)27;/h4-5,8-9,12H,3,6-7,10-11,13H2,1-2H3,(H2,21,22,24);1H. The minimum Gasteiger partial charge on any atom is -0.357 e. The van der Waals surface area contributed by atoms with Crippen LogP contribution in [0, 0.1) is 6.92 Å². The van der Waals surface area contributed by atoms with Crippen LogP contribution < -0.4 is 10.6 Å². The van der Waals surface area contributed by atoms with E-state index in [0.717, 1.165) is 30.4 Å². The third-order valence-electron chi connectivity index (χ3n) is 4.36. The second kappa shape index (κ2) is 11.2. The molecule has 0 unspecified atom stereocenters. The lowest BCUT2D eigenvalue weighted by Gasteiger charge is -2.14. The number of benzene rings is 1. The maximum atomic E-state index is 12.3. The number of rotatable bonds is 8. The third-order valence-corrected chi connectivity index (χ3v) is 5.26.